The Morgan fingerprint density at radius 2 is 1.82 bits per heavy atom. The van der Waals surface area contributed by atoms with Crippen molar-refractivity contribution in [1.82, 2.24) is 0 Å². The van der Waals surface area contributed by atoms with Crippen LogP contribution in [0.1, 0.15) is 11.1 Å². The maximum absolute atomic E-state index is 8.77. The Kier molecular flexibility index (Phi) is 3.26. The molecular formula is C14H10FeN2. The zero-order valence-corrected chi connectivity index (χ0v) is 10.2. The van der Waals surface area contributed by atoms with Crippen LogP contribution < -0.4 is 0 Å². The fourth-order valence-corrected chi connectivity index (χ4v) is 2.19. The molecule has 0 aromatic heterocycles. The van der Waals surface area contributed by atoms with E-state index in [1.165, 1.54) is 21.9 Å². The number of hydrogen-bond acceptors (Lipinski definition) is 0. The fourth-order valence-electron chi connectivity index (χ4n) is 2.19. The van der Waals surface area contributed by atoms with Crippen LogP contribution in [0.25, 0.3) is 22.4 Å². The van der Waals surface area contributed by atoms with Crippen LogP contribution >= 0.6 is 0 Å². The molecule has 84 valence electrons. The van der Waals surface area contributed by atoms with Crippen LogP contribution in [0, 0.1) is 0 Å². The third kappa shape index (κ3) is 1.96. The first-order chi connectivity index (χ1) is 7.88. The van der Waals surface area contributed by atoms with Crippen molar-refractivity contribution in [3.63, 3.8) is 0 Å². The van der Waals surface area contributed by atoms with Gasteiger partial charge in [0.2, 0.25) is 0 Å². The molecule has 0 N–H and O–H groups in total. The van der Waals surface area contributed by atoms with Crippen LogP contribution in [0.2, 0.25) is 0 Å². The molecule has 17 heavy (non-hydrogen) atoms. The summed E-state index contributed by atoms with van der Waals surface area (Å²) in [5, 5.41) is 2.50. The molecule has 1 aliphatic rings. The SMILES string of the molecule is [Fe].[N-]=[N+]=C1C=Cc2c(ccc3ccccc23)C1. The molecule has 3 heteroatoms. The maximum Gasteiger partial charge on any atom is 0.296 e. The zero-order valence-electron chi connectivity index (χ0n) is 9.07. The predicted molar refractivity (Wildman–Crippen MR) is 65.3 cm³/mol. The predicted octanol–water partition coefficient (Wildman–Crippen LogP) is 3.08. The van der Waals surface area contributed by atoms with Gasteiger partial charge in [-0.1, -0.05) is 36.4 Å². The Balaban J connectivity index is 0.00000108. The average molecular weight is 262 g/mol. The smallest absolute Gasteiger partial charge is 0.296 e. The Morgan fingerprint density at radius 1 is 1.00 bits per heavy atom. The molecule has 1 aliphatic carbocycles. The van der Waals surface area contributed by atoms with Crippen molar-refractivity contribution in [2.24, 2.45) is 0 Å². The van der Waals surface area contributed by atoms with Gasteiger partial charge in [0.25, 0.3) is 5.71 Å². The van der Waals surface area contributed by atoms with Gasteiger partial charge in [-0.05, 0) is 28.0 Å². The van der Waals surface area contributed by atoms with E-state index in [-0.39, 0.29) is 17.1 Å². The second-order valence-corrected chi connectivity index (χ2v) is 3.96. The average Bonchev–Trinajstić information content (AvgIpc) is 2.38. The summed E-state index contributed by atoms with van der Waals surface area (Å²) in [6.45, 7) is 0. The molecule has 2 nitrogen and oxygen atoms in total. The first-order valence-electron chi connectivity index (χ1n) is 5.28. The fraction of sp³-hybridized carbons (Fsp3) is 0.0714. The Labute approximate surface area is 110 Å². The first kappa shape index (κ1) is 11.8. The van der Waals surface area contributed by atoms with Gasteiger partial charge < -0.3 is 5.53 Å². The summed E-state index contributed by atoms with van der Waals surface area (Å²) in [6, 6.07) is 12.5. The van der Waals surface area contributed by atoms with Gasteiger partial charge in [0.05, 0.1) is 6.42 Å². The molecule has 0 unspecified atom stereocenters. The number of nitrogens with zero attached hydrogens (tertiary/aromatic N) is 2. The van der Waals surface area contributed by atoms with Crippen LogP contribution in [-0.4, -0.2) is 10.5 Å². The van der Waals surface area contributed by atoms with Crippen LogP contribution in [0.5, 0.6) is 0 Å². The van der Waals surface area contributed by atoms with Crippen molar-refractivity contribution in [1.29, 1.82) is 0 Å². The van der Waals surface area contributed by atoms with Crippen molar-refractivity contribution in [3.8, 4) is 0 Å². The minimum atomic E-state index is 0. The molecule has 2 aromatic carbocycles. The molecule has 0 amide bonds. The summed E-state index contributed by atoms with van der Waals surface area (Å²) in [5.74, 6) is 0. The normalized spacial score (nSPS) is 12.8. The molecule has 0 spiro atoms. The molecular weight excluding hydrogens is 252 g/mol. The molecule has 0 radical (unpaired) electrons. The van der Waals surface area contributed by atoms with Gasteiger partial charge >= 0.3 is 0 Å². The molecule has 0 atom stereocenters. The topological polar surface area (TPSA) is 36.4 Å². The minimum absolute atomic E-state index is 0. The van der Waals surface area contributed by atoms with Crippen molar-refractivity contribution in [3.05, 3.63) is 59.1 Å². The molecule has 3 rings (SSSR count). The van der Waals surface area contributed by atoms with Crippen molar-refractivity contribution >= 4 is 22.6 Å². The summed E-state index contributed by atoms with van der Waals surface area (Å²) in [6.07, 6.45) is 4.60. The van der Waals surface area contributed by atoms with E-state index >= 15 is 0 Å². The van der Waals surface area contributed by atoms with E-state index in [4.69, 9.17) is 5.53 Å². The molecule has 0 aliphatic heterocycles. The van der Waals surface area contributed by atoms with Gasteiger partial charge in [0.15, 0.2) is 0 Å². The number of fused-ring (bicyclic) bond motifs is 3. The van der Waals surface area contributed by atoms with E-state index in [2.05, 4.69) is 29.1 Å². The molecule has 0 saturated heterocycles. The van der Waals surface area contributed by atoms with Crippen molar-refractivity contribution in [2.75, 3.05) is 0 Å². The first-order valence-corrected chi connectivity index (χ1v) is 5.28. The van der Waals surface area contributed by atoms with Crippen LogP contribution in [0.15, 0.2) is 42.5 Å². The summed E-state index contributed by atoms with van der Waals surface area (Å²) in [7, 11) is 0. The van der Waals surface area contributed by atoms with Crippen LogP contribution in [0.4, 0.5) is 0 Å². The number of rotatable bonds is 0. The Bertz CT molecular complexity index is 652. The van der Waals surface area contributed by atoms with E-state index in [9.17, 15) is 0 Å². The van der Waals surface area contributed by atoms with E-state index in [1.54, 1.807) is 0 Å². The largest absolute Gasteiger partial charge is 0.361 e. The van der Waals surface area contributed by atoms with E-state index in [1.807, 2.05) is 24.3 Å². The van der Waals surface area contributed by atoms with E-state index < -0.39 is 0 Å². The maximum atomic E-state index is 8.77. The van der Waals surface area contributed by atoms with Gasteiger partial charge in [-0.25, -0.2) is 0 Å². The monoisotopic (exact) mass is 262 g/mol. The molecule has 0 saturated carbocycles. The summed E-state index contributed by atoms with van der Waals surface area (Å²) < 4.78 is 0. The van der Waals surface area contributed by atoms with Gasteiger partial charge in [-0.15, -0.1) is 0 Å². The molecule has 0 bridgehead atoms. The second kappa shape index (κ2) is 4.68. The zero-order chi connectivity index (χ0) is 11.0. The Morgan fingerprint density at radius 3 is 2.65 bits per heavy atom. The van der Waals surface area contributed by atoms with E-state index in [0.29, 0.717) is 12.1 Å². The van der Waals surface area contributed by atoms with Crippen LogP contribution in [0.3, 0.4) is 0 Å². The van der Waals surface area contributed by atoms with Crippen LogP contribution in [-0.2, 0) is 23.5 Å². The Hall–Kier alpha value is -1.66. The summed E-state index contributed by atoms with van der Waals surface area (Å²) >= 11 is 0. The summed E-state index contributed by atoms with van der Waals surface area (Å²) in [4.78, 5) is 3.26. The van der Waals surface area contributed by atoms with E-state index in [0.717, 1.165) is 0 Å². The number of allylic oxidation sites excluding steroid dienone is 1. The van der Waals surface area contributed by atoms with Gasteiger partial charge in [-0.3, -0.25) is 0 Å². The third-order valence-electron chi connectivity index (χ3n) is 3.00. The number of hydrogen-bond donors (Lipinski definition) is 0. The van der Waals surface area contributed by atoms with Crippen molar-refractivity contribution in [2.45, 2.75) is 6.42 Å². The van der Waals surface area contributed by atoms with Gasteiger partial charge in [0, 0.05) is 23.1 Å². The van der Waals surface area contributed by atoms with Crippen molar-refractivity contribution < 1.29 is 21.9 Å². The molecule has 0 heterocycles. The summed E-state index contributed by atoms with van der Waals surface area (Å²) in [5.41, 5.74) is 11.9. The molecule has 2 aromatic rings. The second-order valence-electron chi connectivity index (χ2n) is 3.96. The molecule has 0 fully saturated rings. The van der Waals surface area contributed by atoms with Gasteiger partial charge in [-0.2, -0.15) is 4.79 Å². The standard InChI is InChI=1S/C14H10N2.Fe/c15-16-12-7-8-14-11(9-12)6-5-10-3-1-2-4-13(10)14;/h1-8H,9H2;. The third-order valence-corrected chi connectivity index (χ3v) is 3.00. The quantitative estimate of drug-likeness (QED) is 0.397. The van der Waals surface area contributed by atoms with Gasteiger partial charge in [0.1, 0.15) is 0 Å². The minimum Gasteiger partial charge on any atom is -0.361 e. The number of benzene rings is 2.